The molecular formula is C24H39N5O5. The Labute approximate surface area is 201 Å². The zero-order valence-electron chi connectivity index (χ0n) is 20.9. The van der Waals surface area contributed by atoms with Gasteiger partial charge in [-0.05, 0) is 87.3 Å². The van der Waals surface area contributed by atoms with Gasteiger partial charge in [-0.1, -0.05) is 6.42 Å². The molecule has 0 unspecified atom stereocenters. The third-order valence-corrected chi connectivity index (χ3v) is 5.51. The van der Waals surface area contributed by atoms with Crippen molar-refractivity contribution in [2.45, 2.75) is 85.2 Å². The molecule has 10 nitrogen and oxygen atoms in total. The number of rotatable bonds is 12. The minimum absolute atomic E-state index is 0.00269. The molecule has 0 aliphatic rings. The lowest BCUT2D eigenvalue weighted by Crippen LogP contribution is -2.33. The van der Waals surface area contributed by atoms with Gasteiger partial charge in [-0.25, -0.2) is 10.6 Å². The van der Waals surface area contributed by atoms with Crippen LogP contribution in [0.3, 0.4) is 0 Å². The molecule has 0 aliphatic carbocycles. The van der Waals surface area contributed by atoms with Crippen LogP contribution in [0.25, 0.3) is 0 Å². The molecule has 34 heavy (non-hydrogen) atoms. The predicted molar refractivity (Wildman–Crippen MR) is 130 cm³/mol. The van der Waals surface area contributed by atoms with Crippen molar-refractivity contribution >= 4 is 23.8 Å². The molecule has 4 amide bonds. The molecule has 0 aliphatic heterocycles. The first-order valence-corrected chi connectivity index (χ1v) is 11.4. The highest BCUT2D eigenvalue weighted by atomic mass is 16.6. The second-order valence-corrected chi connectivity index (χ2v) is 9.43. The summed E-state index contributed by atoms with van der Waals surface area (Å²) in [5, 5.41) is 2.73. The van der Waals surface area contributed by atoms with Gasteiger partial charge in [0.25, 0.3) is 0 Å². The lowest BCUT2D eigenvalue weighted by Gasteiger charge is -2.23. The summed E-state index contributed by atoms with van der Waals surface area (Å²) in [6, 6.07) is 0. The van der Waals surface area contributed by atoms with Crippen LogP contribution in [0.1, 0.15) is 73.4 Å². The lowest BCUT2D eigenvalue weighted by molar-refractivity contribution is -0.120. The number of benzene rings is 1. The molecule has 1 aromatic carbocycles. The average molecular weight is 478 g/mol. The van der Waals surface area contributed by atoms with E-state index in [0.29, 0.717) is 18.5 Å². The van der Waals surface area contributed by atoms with Crippen molar-refractivity contribution in [3.63, 3.8) is 0 Å². The average Bonchev–Trinajstić information content (AvgIpc) is 2.70. The smallest absolute Gasteiger partial charge is 0.407 e. The Morgan fingerprint density at radius 1 is 0.794 bits per heavy atom. The molecule has 0 spiro atoms. The normalized spacial score (nSPS) is 11.1. The first kappa shape index (κ1) is 28.9. The van der Waals surface area contributed by atoms with Crippen LogP contribution in [0.4, 0.5) is 4.79 Å². The SMILES string of the molecule is Cc1c(CC(N)=O)c(C)c(CC(=O)NN)c(CCCCCNC(=O)OC(C)(C)C)c1CC(N)=O. The van der Waals surface area contributed by atoms with Crippen LogP contribution >= 0.6 is 0 Å². The van der Waals surface area contributed by atoms with E-state index in [-0.39, 0.29) is 25.2 Å². The van der Waals surface area contributed by atoms with E-state index in [0.717, 1.165) is 47.1 Å². The zero-order chi connectivity index (χ0) is 26.1. The monoisotopic (exact) mass is 477 g/mol. The molecule has 1 rings (SSSR count). The highest BCUT2D eigenvalue weighted by molar-refractivity contribution is 5.83. The number of nitrogens with one attached hydrogen (secondary N) is 2. The van der Waals surface area contributed by atoms with Crippen LogP contribution in [0.2, 0.25) is 0 Å². The van der Waals surface area contributed by atoms with E-state index in [4.69, 9.17) is 22.0 Å². The number of unbranched alkanes of at least 4 members (excludes halogenated alkanes) is 2. The molecular weight excluding hydrogens is 438 g/mol. The Morgan fingerprint density at radius 3 is 1.82 bits per heavy atom. The van der Waals surface area contributed by atoms with Gasteiger partial charge in [0.05, 0.1) is 19.3 Å². The van der Waals surface area contributed by atoms with Gasteiger partial charge in [0.1, 0.15) is 5.60 Å². The van der Waals surface area contributed by atoms with E-state index in [1.165, 1.54) is 0 Å². The van der Waals surface area contributed by atoms with Crippen molar-refractivity contribution in [3.8, 4) is 0 Å². The van der Waals surface area contributed by atoms with Crippen molar-refractivity contribution in [1.82, 2.24) is 10.7 Å². The van der Waals surface area contributed by atoms with Crippen LogP contribution < -0.4 is 28.1 Å². The summed E-state index contributed by atoms with van der Waals surface area (Å²) >= 11 is 0. The Hall–Kier alpha value is -3.14. The quantitative estimate of drug-likeness (QED) is 0.130. The number of hydrogen-bond donors (Lipinski definition) is 5. The van der Waals surface area contributed by atoms with Crippen LogP contribution in [0, 0.1) is 13.8 Å². The molecule has 0 bridgehead atoms. The number of nitrogens with two attached hydrogens (primary N) is 3. The van der Waals surface area contributed by atoms with Gasteiger partial charge in [-0.2, -0.15) is 0 Å². The van der Waals surface area contributed by atoms with Crippen molar-refractivity contribution in [1.29, 1.82) is 0 Å². The Bertz CT molecular complexity index is 922. The minimum atomic E-state index is -0.552. The molecule has 190 valence electrons. The number of alkyl carbamates (subject to hydrolysis) is 1. The molecule has 0 saturated heterocycles. The van der Waals surface area contributed by atoms with Gasteiger partial charge < -0.3 is 21.5 Å². The van der Waals surface area contributed by atoms with E-state index in [1.807, 2.05) is 13.8 Å². The maximum absolute atomic E-state index is 12.1. The third-order valence-electron chi connectivity index (χ3n) is 5.51. The number of hydrazine groups is 1. The lowest BCUT2D eigenvalue weighted by atomic mass is 9.82. The first-order chi connectivity index (χ1) is 15.8. The number of ether oxygens (including phenoxy) is 1. The maximum Gasteiger partial charge on any atom is 0.407 e. The summed E-state index contributed by atoms with van der Waals surface area (Å²) in [5.74, 6) is 3.92. The fourth-order valence-corrected chi connectivity index (χ4v) is 3.99. The van der Waals surface area contributed by atoms with Gasteiger partial charge in [0.2, 0.25) is 17.7 Å². The standard InChI is InChI=1S/C24H39N5O5/c1-14-17(11-20(25)30)15(2)19(13-22(32)29-27)16(18(14)12-21(26)31)9-7-6-8-10-28-23(33)34-24(3,4)5/h6-13,27H2,1-5H3,(H2,25,30)(H2,26,31)(H,28,33)(H,29,32). The topological polar surface area (TPSA) is 180 Å². The van der Waals surface area contributed by atoms with Crippen molar-refractivity contribution in [2.75, 3.05) is 6.54 Å². The van der Waals surface area contributed by atoms with Gasteiger partial charge in [-0.3, -0.25) is 19.8 Å². The number of hydrogen-bond acceptors (Lipinski definition) is 6. The number of carbonyl (C=O) groups is 4. The van der Waals surface area contributed by atoms with E-state index in [2.05, 4.69) is 10.7 Å². The van der Waals surface area contributed by atoms with Crippen LogP contribution in [-0.4, -0.2) is 36.0 Å². The second-order valence-electron chi connectivity index (χ2n) is 9.43. The molecule has 10 heteroatoms. The van der Waals surface area contributed by atoms with Gasteiger partial charge >= 0.3 is 6.09 Å². The second kappa shape index (κ2) is 12.9. The molecule has 0 saturated carbocycles. The highest BCUT2D eigenvalue weighted by Gasteiger charge is 2.22. The fourth-order valence-electron chi connectivity index (χ4n) is 3.99. The van der Waals surface area contributed by atoms with Crippen molar-refractivity contribution < 1.29 is 23.9 Å². The summed E-state index contributed by atoms with van der Waals surface area (Å²) in [4.78, 5) is 47.4. The number of amides is 4. The number of primary amides is 2. The molecule has 0 heterocycles. The van der Waals surface area contributed by atoms with E-state index in [9.17, 15) is 19.2 Å². The van der Waals surface area contributed by atoms with Crippen LogP contribution in [0.5, 0.6) is 0 Å². The molecule has 0 fully saturated rings. The molecule has 0 radical (unpaired) electrons. The van der Waals surface area contributed by atoms with Gasteiger partial charge in [-0.15, -0.1) is 0 Å². The predicted octanol–water partition coefficient (Wildman–Crippen LogP) is 1.13. The molecule has 0 atom stereocenters. The van der Waals surface area contributed by atoms with Gasteiger partial charge in [0, 0.05) is 6.54 Å². The van der Waals surface area contributed by atoms with Crippen LogP contribution in [0.15, 0.2) is 0 Å². The minimum Gasteiger partial charge on any atom is -0.444 e. The maximum atomic E-state index is 12.1. The Kier molecular flexibility index (Phi) is 11.0. The Morgan fingerprint density at radius 2 is 1.32 bits per heavy atom. The summed E-state index contributed by atoms with van der Waals surface area (Å²) in [6.07, 6.45) is 2.43. The molecule has 1 aromatic rings. The molecule has 0 aromatic heterocycles. The first-order valence-electron chi connectivity index (χ1n) is 11.4. The van der Waals surface area contributed by atoms with E-state index in [1.54, 1.807) is 20.8 Å². The number of carbonyl (C=O) groups excluding carboxylic acids is 4. The zero-order valence-corrected chi connectivity index (χ0v) is 20.9. The summed E-state index contributed by atoms with van der Waals surface area (Å²) in [6.45, 7) is 9.56. The third kappa shape index (κ3) is 9.38. The van der Waals surface area contributed by atoms with Crippen molar-refractivity contribution in [3.05, 3.63) is 33.4 Å². The Balaban J connectivity index is 3.10. The van der Waals surface area contributed by atoms with E-state index < -0.39 is 23.5 Å². The summed E-state index contributed by atoms with van der Waals surface area (Å²) in [5.41, 5.74) is 17.1. The van der Waals surface area contributed by atoms with Crippen molar-refractivity contribution in [2.24, 2.45) is 17.3 Å². The summed E-state index contributed by atoms with van der Waals surface area (Å²) < 4.78 is 5.22. The van der Waals surface area contributed by atoms with Gasteiger partial charge in [0.15, 0.2) is 0 Å². The highest BCUT2D eigenvalue weighted by Crippen LogP contribution is 2.30. The molecule has 8 N–H and O–H groups in total. The summed E-state index contributed by atoms with van der Waals surface area (Å²) in [7, 11) is 0. The largest absolute Gasteiger partial charge is 0.444 e. The van der Waals surface area contributed by atoms with E-state index >= 15 is 0 Å². The van der Waals surface area contributed by atoms with Crippen LogP contribution in [-0.2, 0) is 44.8 Å². The fraction of sp³-hybridized carbons (Fsp3) is 0.583.